The summed E-state index contributed by atoms with van der Waals surface area (Å²) >= 11 is 0. The number of anilines is 1. The number of benzene rings is 2. The molecule has 3 N–H and O–H groups in total. The Balaban J connectivity index is 1.46. The van der Waals surface area contributed by atoms with E-state index in [1.54, 1.807) is 12.1 Å². The highest BCUT2D eigenvalue weighted by atomic mass is 19.1. The first-order chi connectivity index (χ1) is 14.6. The van der Waals surface area contributed by atoms with Crippen LogP contribution in [0.15, 0.2) is 59.6 Å². The molecule has 0 bridgehead atoms. The van der Waals surface area contributed by atoms with Gasteiger partial charge in [0.25, 0.3) is 0 Å². The molecule has 2 aromatic carbocycles. The normalized spacial score (nSPS) is 15.6. The van der Waals surface area contributed by atoms with Gasteiger partial charge in [-0.2, -0.15) is 0 Å². The number of carbonyl (C=O) groups excluding carboxylic acids is 1. The zero-order chi connectivity index (χ0) is 21.2. The van der Waals surface area contributed by atoms with Gasteiger partial charge in [0.2, 0.25) is 5.91 Å². The van der Waals surface area contributed by atoms with Gasteiger partial charge in [-0.15, -0.1) is 0 Å². The van der Waals surface area contributed by atoms with Gasteiger partial charge in [0.15, 0.2) is 5.96 Å². The van der Waals surface area contributed by atoms with Crippen molar-refractivity contribution in [2.45, 2.75) is 32.4 Å². The van der Waals surface area contributed by atoms with Crippen LogP contribution in [-0.2, 0) is 11.3 Å². The van der Waals surface area contributed by atoms with E-state index in [-0.39, 0.29) is 18.3 Å². The van der Waals surface area contributed by atoms with Crippen LogP contribution < -0.4 is 16.0 Å². The number of nitrogens with zero attached hydrogens (tertiary/aromatic N) is 2. The van der Waals surface area contributed by atoms with Gasteiger partial charge in [-0.1, -0.05) is 36.4 Å². The van der Waals surface area contributed by atoms with Gasteiger partial charge in [-0.3, -0.25) is 9.69 Å². The average molecular weight is 412 g/mol. The Morgan fingerprint density at radius 2 is 1.90 bits per heavy atom. The summed E-state index contributed by atoms with van der Waals surface area (Å²) < 4.78 is 13.2. The summed E-state index contributed by atoms with van der Waals surface area (Å²) in [6.45, 7) is 5.69. The van der Waals surface area contributed by atoms with Gasteiger partial charge in [-0.25, -0.2) is 9.38 Å². The summed E-state index contributed by atoms with van der Waals surface area (Å²) in [7, 11) is 0. The lowest BCUT2D eigenvalue weighted by atomic mass is 10.0. The maximum atomic E-state index is 13.2. The lowest BCUT2D eigenvalue weighted by molar-refractivity contribution is -0.114. The number of nitrogens with one attached hydrogen (secondary N) is 3. The number of aliphatic imine (C=N–C) groups is 1. The van der Waals surface area contributed by atoms with Crippen LogP contribution in [0.3, 0.4) is 0 Å². The van der Waals surface area contributed by atoms with Crippen molar-refractivity contribution in [1.82, 2.24) is 15.5 Å². The van der Waals surface area contributed by atoms with Crippen LogP contribution in [0.5, 0.6) is 0 Å². The van der Waals surface area contributed by atoms with Crippen LogP contribution >= 0.6 is 0 Å². The summed E-state index contributed by atoms with van der Waals surface area (Å²) in [6, 6.07) is 16.7. The minimum absolute atomic E-state index is 0.0291. The largest absolute Gasteiger partial charge is 0.357 e. The fraction of sp³-hybridized carbons (Fsp3) is 0.391. The Morgan fingerprint density at radius 1 is 1.13 bits per heavy atom. The molecular formula is C23H30FN5O. The first-order valence-corrected chi connectivity index (χ1v) is 10.5. The minimum atomic E-state index is -0.384. The van der Waals surface area contributed by atoms with E-state index in [4.69, 9.17) is 0 Å². The number of likely N-dealkylation sites (tertiary alicyclic amines) is 1. The predicted molar refractivity (Wildman–Crippen MR) is 119 cm³/mol. The molecule has 0 atom stereocenters. The van der Waals surface area contributed by atoms with Crippen LogP contribution in [0.25, 0.3) is 0 Å². The van der Waals surface area contributed by atoms with E-state index >= 15 is 0 Å². The van der Waals surface area contributed by atoms with Crippen LogP contribution in [0.2, 0.25) is 0 Å². The molecule has 0 aliphatic carbocycles. The number of amides is 1. The second-order valence-electron chi connectivity index (χ2n) is 7.43. The van der Waals surface area contributed by atoms with Crippen molar-refractivity contribution in [3.8, 4) is 0 Å². The van der Waals surface area contributed by atoms with Crippen LogP contribution in [-0.4, -0.2) is 49.0 Å². The molecule has 1 saturated heterocycles. The average Bonchev–Trinajstić information content (AvgIpc) is 2.74. The standard InChI is InChI=1S/C23H30FN5O/c1-2-25-23(26-16-22(30)27-21-10-6-9-19(24)15-21)28-20-11-13-29(14-12-20)17-18-7-4-3-5-8-18/h3-10,15,20H,2,11-14,16-17H2,1H3,(H,27,30)(H2,25,26,28). The summed E-state index contributed by atoms with van der Waals surface area (Å²) in [5, 5.41) is 9.30. The molecule has 6 nitrogen and oxygen atoms in total. The molecule has 7 heteroatoms. The number of guanidine groups is 1. The smallest absolute Gasteiger partial charge is 0.246 e. The highest BCUT2D eigenvalue weighted by molar-refractivity contribution is 5.94. The van der Waals surface area contributed by atoms with Crippen LogP contribution in [0.1, 0.15) is 25.3 Å². The predicted octanol–water partition coefficient (Wildman–Crippen LogP) is 2.98. The highest BCUT2D eigenvalue weighted by Gasteiger charge is 2.20. The topological polar surface area (TPSA) is 68.8 Å². The maximum absolute atomic E-state index is 13.2. The van der Waals surface area contributed by atoms with Crippen LogP contribution in [0, 0.1) is 5.82 Å². The third kappa shape index (κ3) is 7.15. The van der Waals surface area contributed by atoms with Gasteiger partial charge >= 0.3 is 0 Å². The minimum Gasteiger partial charge on any atom is -0.357 e. The number of hydrogen-bond acceptors (Lipinski definition) is 3. The zero-order valence-corrected chi connectivity index (χ0v) is 17.4. The van der Waals surface area contributed by atoms with E-state index in [1.165, 1.54) is 17.7 Å². The molecule has 0 saturated carbocycles. The van der Waals surface area contributed by atoms with Crippen molar-refractivity contribution in [2.75, 3.05) is 31.5 Å². The lowest BCUT2D eigenvalue weighted by Gasteiger charge is -2.33. The Kier molecular flexibility index (Phi) is 8.20. The number of carbonyl (C=O) groups is 1. The molecule has 3 rings (SSSR count). The molecule has 1 aliphatic heterocycles. The van der Waals surface area contributed by atoms with E-state index in [0.29, 0.717) is 24.2 Å². The third-order valence-electron chi connectivity index (χ3n) is 5.01. The molecule has 1 heterocycles. The monoisotopic (exact) mass is 411 g/mol. The number of piperidine rings is 1. The van der Waals surface area contributed by atoms with Crippen molar-refractivity contribution in [1.29, 1.82) is 0 Å². The molecule has 1 fully saturated rings. The fourth-order valence-corrected chi connectivity index (χ4v) is 3.51. The summed E-state index contributed by atoms with van der Waals surface area (Å²) in [4.78, 5) is 19.0. The first kappa shape index (κ1) is 21.8. The first-order valence-electron chi connectivity index (χ1n) is 10.5. The molecule has 0 radical (unpaired) electrons. The van der Waals surface area contributed by atoms with Crippen LogP contribution in [0.4, 0.5) is 10.1 Å². The number of halogens is 1. The molecule has 160 valence electrons. The molecule has 0 unspecified atom stereocenters. The summed E-state index contributed by atoms with van der Waals surface area (Å²) in [6.07, 6.45) is 2.04. The highest BCUT2D eigenvalue weighted by Crippen LogP contribution is 2.14. The quantitative estimate of drug-likeness (QED) is 0.484. The van der Waals surface area contributed by atoms with E-state index in [9.17, 15) is 9.18 Å². The molecular weight excluding hydrogens is 381 g/mol. The van der Waals surface area contributed by atoms with Gasteiger partial charge in [0, 0.05) is 37.9 Å². The van der Waals surface area contributed by atoms with Crippen molar-refractivity contribution in [2.24, 2.45) is 4.99 Å². The molecule has 1 amide bonds. The molecule has 0 spiro atoms. The Labute approximate surface area is 177 Å². The summed E-state index contributed by atoms with van der Waals surface area (Å²) in [5.41, 5.74) is 1.77. The van der Waals surface area contributed by atoms with E-state index < -0.39 is 0 Å². The Hall–Kier alpha value is -2.93. The molecule has 2 aromatic rings. The maximum Gasteiger partial charge on any atom is 0.246 e. The Bertz CT molecular complexity index is 834. The van der Waals surface area contributed by atoms with Gasteiger partial charge < -0.3 is 16.0 Å². The van der Waals surface area contributed by atoms with Gasteiger partial charge in [0.1, 0.15) is 12.4 Å². The molecule has 0 aromatic heterocycles. The molecule has 30 heavy (non-hydrogen) atoms. The van der Waals surface area contributed by atoms with Gasteiger partial charge in [0.05, 0.1) is 0 Å². The number of rotatable bonds is 7. The third-order valence-corrected chi connectivity index (χ3v) is 5.01. The summed E-state index contributed by atoms with van der Waals surface area (Å²) in [5.74, 6) is -0.0335. The second-order valence-corrected chi connectivity index (χ2v) is 7.43. The van der Waals surface area contributed by atoms with Gasteiger partial charge in [-0.05, 0) is 43.5 Å². The zero-order valence-electron chi connectivity index (χ0n) is 17.4. The van der Waals surface area contributed by atoms with E-state index in [1.807, 2.05) is 13.0 Å². The van der Waals surface area contributed by atoms with Crippen molar-refractivity contribution in [3.63, 3.8) is 0 Å². The van der Waals surface area contributed by atoms with Crippen molar-refractivity contribution >= 4 is 17.6 Å². The van der Waals surface area contributed by atoms with Crippen molar-refractivity contribution in [3.05, 3.63) is 66.0 Å². The number of hydrogen-bond donors (Lipinski definition) is 3. The fourth-order valence-electron chi connectivity index (χ4n) is 3.51. The lowest BCUT2D eigenvalue weighted by Crippen LogP contribution is -2.48. The Morgan fingerprint density at radius 3 is 2.60 bits per heavy atom. The second kappa shape index (κ2) is 11.3. The SMILES string of the molecule is CCNC(=NCC(=O)Nc1cccc(F)c1)NC1CCN(Cc2ccccc2)CC1. The van der Waals surface area contributed by atoms with E-state index in [2.05, 4.69) is 50.1 Å². The molecule has 1 aliphatic rings. The van der Waals surface area contributed by atoms with E-state index in [0.717, 1.165) is 32.5 Å². The van der Waals surface area contributed by atoms with Crippen molar-refractivity contribution < 1.29 is 9.18 Å².